The molecule has 0 atom stereocenters. The third-order valence-corrected chi connectivity index (χ3v) is 5.30. The highest BCUT2D eigenvalue weighted by atomic mass is 16.2. The number of aromatic nitrogens is 2. The summed E-state index contributed by atoms with van der Waals surface area (Å²) in [5, 5.41) is 2.99. The molecular weight excluding hydrogens is 366 g/mol. The summed E-state index contributed by atoms with van der Waals surface area (Å²) in [6.45, 7) is 4.97. The topological polar surface area (TPSA) is 79.6 Å². The van der Waals surface area contributed by atoms with Crippen molar-refractivity contribution in [2.24, 2.45) is 0 Å². The Labute approximate surface area is 172 Å². The molecule has 0 unspecified atom stereocenters. The number of nitrogens with one attached hydrogen (secondary N) is 2. The van der Waals surface area contributed by atoms with Crippen LogP contribution in [0.3, 0.4) is 0 Å². The highest BCUT2D eigenvalue weighted by molar-refractivity contribution is 5.92. The zero-order chi connectivity index (χ0) is 20.3. The number of quaternary nitrogens is 1. The molecule has 2 N–H and O–H groups in total. The number of amides is 2. The van der Waals surface area contributed by atoms with Crippen LogP contribution < -0.4 is 10.2 Å². The van der Waals surface area contributed by atoms with Crippen LogP contribution in [0.5, 0.6) is 0 Å². The predicted molar refractivity (Wildman–Crippen MR) is 111 cm³/mol. The molecule has 1 aromatic carbocycles. The van der Waals surface area contributed by atoms with Gasteiger partial charge in [0.25, 0.3) is 5.91 Å². The van der Waals surface area contributed by atoms with E-state index in [1.54, 1.807) is 16.0 Å². The maximum absolute atomic E-state index is 12.9. The van der Waals surface area contributed by atoms with Crippen LogP contribution in [0.15, 0.2) is 48.9 Å². The van der Waals surface area contributed by atoms with E-state index in [2.05, 4.69) is 15.3 Å². The van der Waals surface area contributed by atoms with Gasteiger partial charge >= 0.3 is 0 Å². The first-order chi connectivity index (χ1) is 14.2. The third kappa shape index (κ3) is 6.94. The first-order valence-electron chi connectivity index (χ1n) is 10.4. The van der Waals surface area contributed by atoms with Crippen molar-refractivity contribution in [3.05, 3.63) is 60.2 Å². The van der Waals surface area contributed by atoms with Crippen molar-refractivity contribution in [2.45, 2.75) is 25.7 Å². The van der Waals surface area contributed by atoms with Crippen molar-refractivity contribution < 1.29 is 14.5 Å². The van der Waals surface area contributed by atoms with Crippen LogP contribution in [0.4, 0.5) is 0 Å². The van der Waals surface area contributed by atoms with Gasteiger partial charge in [-0.15, -0.1) is 0 Å². The van der Waals surface area contributed by atoms with E-state index in [1.165, 1.54) is 38.3 Å². The molecule has 0 bridgehead atoms. The van der Waals surface area contributed by atoms with Gasteiger partial charge in [0.2, 0.25) is 5.91 Å². The van der Waals surface area contributed by atoms with Crippen LogP contribution in [-0.2, 0) is 11.2 Å². The molecule has 0 radical (unpaired) electrons. The molecule has 0 spiro atoms. The average Bonchev–Trinajstić information content (AvgIpc) is 3.28. The zero-order valence-electron chi connectivity index (χ0n) is 16.8. The first kappa shape index (κ1) is 20.9. The standard InChI is InChI=1S/C22H29N5O2/c28-21(25-12-17-26-13-4-5-14-26)9-16-27(15-8-19-6-2-1-3-7-19)22(29)20-18-23-10-11-24-20/h1-3,6-7,10-11,18H,4-5,8-9,12-17H2,(H,25,28)/p+1. The molecule has 3 rings (SSSR count). The van der Waals surface area contributed by atoms with E-state index in [-0.39, 0.29) is 18.2 Å². The molecule has 154 valence electrons. The van der Waals surface area contributed by atoms with Gasteiger partial charge in [0, 0.05) is 44.7 Å². The average molecular weight is 397 g/mol. The molecule has 1 aromatic heterocycles. The van der Waals surface area contributed by atoms with Crippen molar-refractivity contribution in [1.82, 2.24) is 20.2 Å². The lowest BCUT2D eigenvalue weighted by Gasteiger charge is -2.22. The highest BCUT2D eigenvalue weighted by Crippen LogP contribution is 2.06. The number of hydrogen-bond donors (Lipinski definition) is 2. The number of nitrogens with zero attached hydrogens (tertiary/aromatic N) is 3. The van der Waals surface area contributed by atoms with Gasteiger partial charge in [-0.3, -0.25) is 14.6 Å². The Bertz CT molecular complexity index is 763. The molecule has 7 nitrogen and oxygen atoms in total. The Morgan fingerprint density at radius 1 is 1.07 bits per heavy atom. The maximum Gasteiger partial charge on any atom is 0.274 e. The molecule has 0 aliphatic carbocycles. The summed E-state index contributed by atoms with van der Waals surface area (Å²) < 4.78 is 0. The predicted octanol–water partition coefficient (Wildman–Crippen LogP) is 0.347. The number of carbonyl (C=O) groups is 2. The van der Waals surface area contributed by atoms with Crippen molar-refractivity contribution >= 4 is 11.8 Å². The van der Waals surface area contributed by atoms with Crippen molar-refractivity contribution in [2.75, 3.05) is 39.3 Å². The molecule has 7 heteroatoms. The van der Waals surface area contributed by atoms with E-state index in [0.29, 0.717) is 25.3 Å². The SMILES string of the molecule is O=C(CCN(CCc1ccccc1)C(=O)c1cnccn1)NCC[NH+]1CCCC1. The fourth-order valence-corrected chi connectivity index (χ4v) is 3.62. The number of carbonyl (C=O) groups excluding carboxylic acids is 2. The van der Waals surface area contributed by atoms with E-state index in [4.69, 9.17) is 0 Å². The van der Waals surface area contributed by atoms with Gasteiger partial charge in [-0.25, -0.2) is 4.98 Å². The Morgan fingerprint density at radius 2 is 1.86 bits per heavy atom. The van der Waals surface area contributed by atoms with Crippen LogP contribution in [0.25, 0.3) is 0 Å². The summed E-state index contributed by atoms with van der Waals surface area (Å²) in [5.74, 6) is -0.205. The second kappa shape index (κ2) is 11.3. The second-order valence-electron chi connectivity index (χ2n) is 7.43. The number of benzene rings is 1. The Hall–Kier alpha value is -2.80. The third-order valence-electron chi connectivity index (χ3n) is 5.30. The lowest BCUT2D eigenvalue weighted by molar-refractivity contribution is -0.886. The quantitative estimate of drug-likeness (QED) is 0.607. The lowest BCUT2D eigenvalue weighted by atomic mass is 10.1. The molecule has 1 aliphatic heterocycles. The van der Waals surface area contributed by atoms with Crippen molar-refractivity contribution in [1.29, 1.82) is 0 Å². The Balaban J connectivity index is 1.51. The van der Waals surface area contributed by atoms with Gasteiger partial charge in [-0.05, 0) is 12.0 Å². The summed E-state index contributed by atoms with van der Waals surface area (Å²) >= 11 is 0. The van der Waals surface area contributed by atoms with E-state index in [0.717, 1.165) is 18.5 Å². The largest absolute Gasteiger partial charge is 0.350 e. The van der Waals surface area contributed by atoms with Gasteiger partial charge in [-0.2, -0.15) is 0 Å². The van der Waals surface area contributed by atoms with Crippen LogP contribution in [0.1, 0.15) is 35.3 Å². The lowest BCUT2D eigenvalue weighted by Crippen LogP contribution is -3.10. The fourth-order valence-electron chi connectivity index (χ4n) is 3.62. The zero-order valence-corrected chi connectivity index (χ0v) is 16.8. The summed E-state index contributed by atoms with van der Waals surface area (Å²) in [5.41, 5.74) is 1.46. The van der Waals surface area contributed by atoms with Crippen LogP contribution in [-0.4, -0.2) is 66.0 Å². The van der Waals surface area contributed by atoms with Gasteiger partial charge < -0.3 is 15.1 Å². The fraction of sp³-hybridized carbons (Fsp3) is 0.455. The van der Waals surface area contributed by atoms with Gasteiger partial charge in [0.1, 0.15) is 5.69 Å². The van der Waals surface area contributed by atoms with Crippen LogP contribution >= 0.6 is 0 Å². The molecule has 1 aliphatic rings. The smallest absolute Gasteiger partial charge is 0.274 e. The van der Waals surface area contributed by atoms with Crippen molar-refractivity contribution in [3.8, 4) is 0 Å². The molecule has 1 saturated heterocycles. The van der Waals surface area contributed by atoms with Crippen molar-refractivity contribution in [3.63, 3.8) is 0 Å². The minimum Gasteiger partial charge on any atom is -0.350 e. The summed E-state index contributed by atoms with van der Waals surface area (Å²) in [4.78, 5) is 36.5. The maximum atomic E-state index is 12.9. The number of likely N-dealkylation sites (tertiary alicyclic amines) is 1. The minimum absolute atomic E-state index is 0.0137. The van der Waals surface area contributed by atoms with E-state index < -0.39 is 0 Å². The normalized spacial score (nSPS) is 13.9. The Kier molecular flexibility index (Phi) is 8.12. The van der Waals surface area contributed by atoms with Gasteiger partial charge in [0.05, 0.1) is 32.4 Å². The summed E-state index contributed by atoms with van der Waals surface area (Å²) in [6, 6.07) is 10.0. The molecular formula is C22H30N5O2+. The number of rotatable bonds is 10. The Morgan fingerprint density at radius 3 is 2.59 bits per heavy atom. The monoisotopic (exact) mass is 396 g/mol. The van der Waals surface area contributed by atoms with E-state index in [1.807, 2.05) is 30.3 Å². The minimum atomic E-state index is -0.191. The van der Waals surface area contributed by atoms with E-state index >= 15 is 0 Å². The number of hydrogen-bond acceptors (Lipinski definition) is 4. The molecule has 2 heterocycles. The highest BCUT2D eigenvalue weighted by Gasteiger charge is 2.19. The first-order valence-corrected chi connectivity index (χ1v) is 10.4. The summed E-state index contributed by atoms with van der Waals surface area (Å²) in [7, 11) is 0. The van der Waals surface area contributed by atoms with E-state index in [9.17, 15) is 9.59 Å². The molecule has 29 heavy (non-hydrogen) atoms. The van der Waals surface area contributed by atoms with Crippen LogP contribution in [0.2, 0.25) is 0 Å². The van der Waals surface area contributed by atoms with Gasteiger partial charge in [0.15, 0.2) is 0 Å². The summed E-state index contributed by atoms with van der Waals surface area (Å²) in [6.07, 6.45) is 8.10. The van der Waals surface area contributed by atoms with Gasteiger partial charge in [-0.1, -0.05) is 30.3 Å². The van der Waals surface area contributed by atoms with Crippen LogP contribution in [0, 0.1) is 0 Å². The second-order valence-corrected chi connectivity index (χ2v) is 7.43. The molecule has 0 saturated carbocycles. The molecule has 1 fully saturated rings. The molecule has 2 aromatic rings. The molecule has 2 amide bonds.